The minimum Gasteiger partial charge on any atom is -0.353 e. The van der Waals surface area contributed by atoms with Crippen LogP contribution in [0.3, 0.4) is 0 Å². The van der Waals surface area contributed by atoms with E-state index < -0.39 is 0 Å². The SMILES string of the molecule is CC(C)[C@@H]1CC[C@@H](C)CC(=O)N2C[C@H]3C[C@H](CN(C(=O)c4cnn(Cc5ccccc5)c4)C3)[C@@H]2CCCC(=O)N1. The van der Waals surface area contributed by atoms with Gasteiger partial charge < -0.3 is 15.1 Å². The Bertz CT molecular complexity index is 1180. The Hall–Kier alpha value is -3.16. The summed E-state index contributed by atoms with van der Waals surface area (Å²) >= 11 is 0. The van der Waals surface area contributed by atoms with Crippen molar-refractivity contribution in [2.45, 2.75) is 84.3 Å². The molecule has 2 aromatic rings. The van der Waals surface area contributed by atoms with Crippen LogP contribution in [0.1, 0.15) is 81.6 Å². The second-order valence-electron chi connectivity index (χ2n) is 12.8. The van der Waals surface area contributed by atoms with Crippen molar-refractivity contribution < 1.29 is 14.4 Å². The van der Waals surface area contributed by atoms with Gasteiger partial charge in [0, 0.05) is 50.8 Å². The molecule has 0 radical (unpaired) electrons. The van der Waals surface area contributed by atoms with E-state index in [2.05, 4.69) is 48.2 Å². The lowest BCUT2D eigenvalue weighted by atomic mass is 9.77. The molecule has 3 saturated heterocycles. The Morgan fingerprint density at radius 2 is 1.88 bits per heavy atom. The molecule has 0 spiro atoms. The number of carbonyl (C=O) groups is 3. The van der Waals surface area contributed by atoms with Gasteiger partial charge in [-0.25, -0.2) is 0 Å². The molecule has 8 heteroatoms. The van der Waals surface area contributed by atoms with Gasteiger partial charge in [0.2, 0.25) is 11.8 Å². The van der Waals surface area contributed by atoms with Crippen molar-refractivity contribution in [1.29, 1.82) is 0 Å². The first-order valence-electron chi connectivity index (χ1n) is 15.2. The van der Waals surface area contributed by atoms with E-state index in [1.54, 1.807) is 6.20 Å². The molecule has 8 nitrogen and oxygen atoms in total. The van der Waals surface area contributed by atoms with Crippen LogP contribution in [0.5, 0.6) is 0 Å². The number of likely N-dealkylation sites (tertiary alicyclic amines) is 1. The van der Waals surface area contributed by atoms with E-state index in [0.29, 0.717) is 50.5 Å². The van der Waals surface area contributed by atoms with E-state index in [4.69, 9.17) is 0 Å². The zero-order chi connectivity index (χ0) is 28.2. The molecule has 4 heterocycles. The van der Waals surface area contributed by atoms with Crippen molar-refractivity contribution in [3.05, 3.63) is 53.9 Å². The molecule has 0 unspecified atom stereocenters. The van der Waals surface area contributed by atoms with Crippen LogP contribution in [0, 0.1) is 23.7 Å². The molecule has 3 amide bonds. The van der Waals surface area contributed by atoms with Crippen LogP contribution in [0.25, 0.3) is 0 Å². The summed E-state index contributed by atoms with van der Waals surface area (Å²) in [5, 5.41) is 7.71. The first kappa shape index (κ1) is 28.4. The Kier molecular flexibility index (Phi) is 8.91. The van der Waals surface area contributed by atoms with Crippen molar-refractivity contribution in [1.82, 2.24) is 24.9 Å². The van der Waals surface area contributed by atoms with Crippen LogP contribution in [0.2, 0.25) is 0 Å². The number of hydrogen-bond acceptors (Lipinski definition) is 4. The summed E-state index contributed by atoms with van der Waals surface area (Å²) < 4.78 is 1.82. The van der Waals surface area contributed by atoms with E-state index in [0.717, 1.165) is 37.7 Å². The summed E-state index contributed by atoms with van der Waals surface area (Å²) in [7, 11) is 0. The first-order valence-corrected chi connectivity index (χ1v) is 15.2. The van der Waals surface area contributed by atoms with E-state index in [1.807, 2.05) is 34.0 Å². The third-order valence-electron chi connectivity index (χ3n) is 9.19. The number of aromatic nitrogens is 2. The monoisotopic (exact) mass is 547 g/mol. The van der Waals surface area contributed by atoms with E-state index in [-0.39, 0.29) is 47.6 Å². The predicted molar refractivity (Wildman–Crippen MR) is 154 cm³/mol. The fourth-order valence-electron chi connectivity index (χ4n) is 6.99. The fourth-order valence-corrected chi connectivity index (χ4v) is 6.99. The maximum atomic E-state index is 13.6. The van der Waals surface area contributed by atoms with Gasteiger partial charge in [-0.05, 0) is 61.3 Å². The average molecular weight is 548 g/mol. The molecule has 40 heavy (non-hydrogen) atoms. The highest BCUT2D eigenvalue weighted by Gasteiger charge is 2.44. The zero-order valence-corrected chi connectivity index (χ0v) is 24.3. The summed E-state index contributed by atoms with van der Waals surface area (Å²) in [6.45, 7) is 9.11. The largest absolute Gasteiger partial charge is 0.353 e. The summed E-state index contributed by atoms with van der Waals surface area (Å²) in [6, 6.07) is 10.3. The maximum absolute atomic E-state index is 13.6. The summed E-state index contributed by atoms with van der Waals surface area (Å²) in [4.78, 5) is 44.1. The van der Waals surface area contributed by atoms with Crippen molar-refractivity contribution >= 4 is 17.7 Å². The molecule has 1 aromatic heterocycles. The molecule has 1 aromatic carbocycles. The number of carbonyl (C=O) groups excluding carboxylic acids is 3. The molecular weight excluding hydrogens is 502 g/mol. The molecule has 0 saturated carbocycles. The van der Waals surface area contributed by atoms with Gasteiger partial charge >= 0.3 is 0 Å². The number of fused-ring (bicyclic) bond motifs is 4. The van der Waals surface area contributed by atoms with E-state index in [1.165, 1.54) is 0 Å². The van der Waals surface area contributed by atoms with Gasteiger partial charge in [0.15, 0.2) is 0 Å². The molecule has 2 bridgehead atoms. The van der Waals surface area contributed by atoms with Crippen molar-refractivity contribution in [2.24, 2.45) is 23.7 Å². The molecule has 3 aliphatic heterocycles. The number of hydrogen-bond donors (Lipinski definition) is 1. The minimum atomic E-state index is 0.0196. The third kappa shape index (κ3) is 6.76. The van der Waals surface area contributed by atoms with Crippen LogP contribution in [-0.2, 0) is 16.1 Å². The number of piperidine rings is 2. The molecule has 3 aliphatic rings. The molecule has 1 N–H and O–H groups in total. The molecule has 5 rings (SSSR count). The van der Waals surface area contributed by atoms with E-state index in [9.17, 15) is 14.4 Å². The van der Waals surface area contributed by atoms with Crippen molar-refractivity contribution in [3.8, 4) is 0 Å². The van der Waals surface area contributed by atoms with Gasteiger partial charge in [-0.3, -0.25) is 19.1 Å². The molecule has 216 valence electrons. The van der Waals surface area contributed by atoms with Crippen LogP contribution in [0.15, 0.2) is 42.7 Å². The van der Waals surface area contributed by atoms with Crippen LogP contribution >= 0.6 is 0 Å². The molecular formula is C32H45N5O3. The smallest absolute Gasteiger partial charge is 0.257 e. The highest BCUT2D eigenvalue weighted by molar-refractivity contribution is 5.93. The van der Waals surface area contributed by atoms with Gasteiger partial charge in [-0.2, -0.15) is 5.10 Å². The Morgan fingerprint density at radius 3 is 2.65 bits per heavy atom. The van der Waals surface area contributed by atoms with Gasteiger partial charge in [0.1, 0.15) is 0 Å². The van der Waals surface area contributed by atoms with Gasteiger partial charge in [0.25, 0.3) is 5.91 Å². The second-order valence-corrected chi connectivity index (χ2v) is 12.8. The standard InChI is InChI=1S/C32H45N5O3/c1-22(2)28-13-12-23(3)14-31(39)37-19-25-15-26(29(37)10-7-11-30(38)34-28)20-35(17-25)32(40)27-16-33-36(21-27)18-24-8-5-4-6-9-24/h4-6,8-9,16,21-23,25-26,28-29H,7,10-15,17-20H2,1-3H3,(H,34,38)/t23-,25+,26-,28+,29+/m1/s1. The molecule has 5 atom stereocenters. The third-order valence-corrected chi connectivity index (χ3v) is 9.19. The normalized spacial score (nSPS) is 28.2. The highest BCUT2D eigenvalue weighted by Crippen LogP contribution is 2.37. The van der Waals surface area contributed by atoms with Crippen LogP contribution in [0.4, 0.5) is 0 Å². The number of nitrogens with one attached hydrogen (secondary N) is 1. The first-order chi connectivity index (χ1) is 19.3. The Balaban J connectivity index is 1.28. The number of amides is 3. The van der Waals surface area contributed by atoms with Crippen LogP contribution < -0.4 is 5.32 Å². The topological polar surface area (TPSA) is 87.5 Å². The fraction of sp³-hybridized carbons (Fsp3) is 0.625. The highest BCUT2D eigenvalue weighted by atomic mass is 16.2. The van der Waals surface area contributed by atoms with Crippen LogP contribution in [-0.4, -0.2) is 69.0 Å². The quantitative estimate of drug-likeness (QED) is 0.617. The average Bonchev–Trinajstić information content (AvgIpc) is 3.39. The summed E-state index contributed by atoms with van der Waals surface area (Å²) in [5.41, 5.74) is 1.76. The number of benzene rings is 1. The number of rotatable bonds is 4. The lowest BCUT2D eigenvalue weighted by Crippen LogP contribution is -2.60. The lowest BCUT2D eigenvalue weighted by molar-refractivity contribution is -0.141. The van der Waals surface area contributed by atoms with Crippen molar-refractivity contribution in [2.75, 3.05) is 19.6 Å². The Morgan fingerprint density at radius 1 is 1.07 bits per heavy atom. The summed E-state index contributed by atoms with van der Waals surface area (Å²) in [5.74, 6) is 1.54. The lowest BCUT2D eigenvalue weighted by Gasteiger charge is -2.51. The summed E-state index contributed by atoms with van der Waals surface area (Å²) in [6.07, 6.45) is 8.98. The van der Waals surface area contributed by atoms with Gasteiger partial charge in [-0.15, -0.1) is 0 Å². The molecule has 3 fully saturated rings. The van der Waals surface area contributed by atoms with Gasteiger partial charge in [-0.1, -0.05) is 51.1 Å². The Labute approximate surface area is 238 Å². The maximum Gasteiger partial charge on any atom is 0.257 e. The minimum absolute atomic E-state index is 0.0196. The molecule has 0 aliphatic carbocycles. The predicted octanol–water partition coefficient (Wildman–Crippen LogP) is 4.35. The number of nitrogens with zero attached hydrogens (tertiary/aromatic N) is 4. The second kappa shape index (κ2) is 12.6. The van der Waals surface area contributed by atoms with Crippen molar-refractivity contribution in [3.63, 3.8) is 0 Å². The van der Waals surface area contributed by atoms with E-state index >= 15 is 0 Å². The zero-order valence-electron chi connectivity index (χ0n) is 24.3. The van der Waals surface area contributed by atoms with Gasteiger partial charge in [0.05, 0.1) is 18.3 Å².